The van der Waals surface area contributed by atoms with E-state index < -0.39 is 0 Å². The van der Waals surface area contributed by atoms with Crippen LogP contribution in [-0.4, -0.2) is 22.2 Å². The molecule has 3 nitrogen and oxygen atoms in total. The number of nitrogens with one attached hydrogen (secondary N) is 1. The Morgan fingerprint density at radius 2 is 2.05 bits per heavy atom. The molecule has 1 atom stereocenters. The van der Waals surface area contributed by atoms with Gasteiger partial charge >= 0.3 is 0 Å². The number of amides is 1. The summed E-state index contributed by atoms with van der Waals surface area (Å²) in [5, 5.41) is 5.11. The minimum atomic E-state index is -0.102. The van der Waals surface area contributed by atoms with Gasteiger partial charge in [0.15, 0.2) is 4.34 Å². The maximum Gasteiger partial charge on any atom is 0.233 e. The Balaban J connectivity index is 1.58. The molecule has 22 heavy (non-hydrogen) atoms. The zero-order chi connectivity index (χ0) is 15.4. The van der Waals surface area contributed by atoms with Crippen LogP contribution in [-0.2, 0) is 4.79 Å². The van der Waals surface area contributed by atoms with Crippen molar-refractivity contribution < 1.29 is 4.79 Å². The molecule has 1 aromatic heterocycles. The number of carbonyl (C=O) groups is 1. The number of rotatable bonds is 5. The molecular formula is C17H20N2OS2. The van der Waals surface area contributed by atoms with Gasteiger partial charge in [-0.15, -0.1) is 11.3 Å². The van der Waals surface area contributed by atoms with Crippen molar-refractivity contribution in [3.8, 4) is 11.3 Å². The van der Waals surface area contributed by atoms with Gasteiger partial charge in [0, 0.05) is 17.0 Å². The summed E-state index contributed by atoms with van der Waals surface area (Å²) in [4.78, 5) is 16.9. The summed E-state index contributed by atoms with van der Waals surface area (Å²) in [5.41, 5.74) is 2.10. The molecule has 2 aromatic rings. The Hall–Kier alpha value is -1.33. The van der Waals surface area contributed by atoms with E-state index >= 15 is 0 Å². The van der Waals surface area contributed by atoms with Crippen molar-refractivity contribution in [2.75, 3.05) is 0 Å². The molecule has 5 heteroatoms. The van der Waals surface area contributed by atoms with Crippen LogP contribution >= 0.6 is 23.1 Å². The largest absolute Gasteiger partial charge is 0.352 e. The third-order valence-corrected chi connectivity index (χ3v) is 5.97. The van der Waals surface area contributed by atoms with Gasteiger partial charge in [-0.3, -0.25) is 4.79 Å². The smallest absolute Gasteiger partial charge is 0.233 e. The lowest BCUT2D eigenvalue weighted by Gasteiger charge is -2.15. The predicted octanol–water partition coefficient (Wildman–Crippen LogP) is 4.35. The highest BCUT2D eigenvalue weighted by Crippen LogP contribution is 2.31. The molecule has 1 aromatic carbocycles. The van der Waals surface area contributed by atoms with Crippen molar-refractivity contribution in [1.29, 1.82) is 0 Å². The van der Waals surface area contributed by atoms with Crippen LogP contribution in [0, 0.1) is 0 Å². The van der Waals surface area contributed by atoms with E-state index in [0.717, 1.165) is 28.4 Å². The highest BCUT2D eigenvalue weighted by atomic mass is 32.2. The molecule has 116 valence electrons. The van der Waals surface area contributed by atoms with E-state index in [-0.39, 0.29) is 11.2 Å². The third-order valence-electron chi connectivity index (χ3n) is 3.90. The summed E-state index contributed by atoms with van der Waals surface area (Å²) in [7, 11) is 0. The molecule has 0 saturated heterocycles. The Labute approximate surface area is 139 Å². The summed E-state index contributed by atoms with van der Waals surface area (Å²) in [6.45, 7) is 1.96. The lowest BCUT2D eigenvalue weighted by atomic mass is 10.2. The van der Waals surface area contributed by atoms with E-state index in [1.165, 1.54) is 12.8 Å². The fraction of sp³-hybridized carbons (Fsp3) is 0.412. The van der Waals surface area contributed by atoms with Crippen LogP contribution < -0.4 is 5.32 Å². The van der Waals surface area contributed by atoms with Gasteiger partial charge in [-0.2, -0.15) is 0 Å². The number of carbonyl (C=O) groups excluding carboxylic acids is 1. The van der Waals surface area contributed by atoms with Crippen LogP contribution in [0.15, 0.2) is 40.1 Å². The Kier molecular flexibility index (Phi) is 5.16. The second kappa shape index (κ2) is 7.29. The molecule has 0 bridgehead atoms. The summed E-state index contributed by atoms with van der Waals surface area (Å²) in [5.74, 6) is 0.133. The fourth-order valence-corrected chi connectivity index (χ4v) is 4.63. The summed E-state index contributed by atoms with van der Waals surface area (Å²) >= 11 is 3.15. The number of nitrogens with zero attached hydrogens (tertiary/aromatic N) is 1. The van der Waals surface area contributed by atoms with Gasteiger partial charge in [-0.05, 0) is 19.8 Å². The minimum absolute atomic E-state index is 0.102. The van der Waals surface area contributed by atoms with Gasteiger partial charge in [0.25, 0.3) is 0 Å². The van der Waals surface area contributed by atoms with Crippen molar-refractivity contribution in [1.82, 2.24) is 10.3 Å². The molecule has 1 fully saturated rings. The average molecular weight is 332 g/mol. The third kappa shape index (κ3) is 3.90. The van der Waals surface area contributed by atoms with Gasteiger partial charge < -0.3 is 5.32 Å². The maximum absolute atomic E-state index is 12.2. The average Bonchev–Trinajstić information content (AvgIpc) is 3.20. The Morgan fingerprint density at radius 1 is 1.32 bits per heavy atom. The molecule has 0 radical (unpaired) electrons. The Morgan fingerprint density at radius 3 is 2.77 bits per heavy atom. The van der Waals surface area contributed by atoms with E-state index in [0.29, 0.717) is 6.04 Å². The van der Waals surface area contributed by atoms with E-state index in [4.69, 9.17) is 0 Å². The second-order valence-electron chi connectivity index (χ2n) is 5.61. The molecule has 1 amide bonds. The molecule has 1 heterocycles. The normalized spacial score (nSPS) is 16.6. The zero-order valence-corrected chi connectivity index (χ0v) is 14.3. The van der Waals surface area contributed by atoms with Gasteiger partial charge in [0.2, 0.25) is 5.91 Å². The van der Waals surface area contributed by atoms with Crippen molar-refractivity contribution in [2.24, 2.45) is 0 Å². The standard InChI is InChI=1S/C17H20N2OS2/c1-12(16(20)18-14-9-5-6-10-14)22-17-19-15(11-21-17)13-7-3-2-4-8-13/h2-4,7-8,11-12,14H,5-6,9-10H2,1H3,(H,18,20)/t12-/m1/s1. The first-order valence-corrected chi connectivity index (χ1v) is 9.46. The fourth-order valence-electron chi connectivity index (χ4n) is 2.65. The van der Waals surface area contributed by atoms with Gasteiger partial charge in [0.05, 0.1) is 10.9 Å². The number of hydrogen-bond acceptors (Lipinski definition) is 4. The van der Waals surface area contributed by atoms with Gasteiger partial charge in [0.1, 0.15) is 0 Å². The molecule has 0 aliphatic heterocycles. The van der Waals surface area contributed by atoms with E-state index in [2.05, 4.69) is 27.8 Å². The van der Waals surface area contributed by atoms with Crippen LogP contribution in [0.5, 0.6) is 0 Å². The highest BCUT2D eigenvalue weighted by Gasteiger charge is 2.22. The molecule has 1 aliphatic carbocycles. The first kappa shape index (κ1) is 15.6. The number of hydrogen-bond donors (Lipinski definition) is 1. The van der Waals surface area contributed by atoms with Gasteiger partial charge in [-0.1, -0.05) is 54.9 Å². The number of aromatic nitrogens is 1. The molecular weight excluding hydrogens is 312 g/mol. The number of thiazole rings is 1. The first-order chi connectivity index (χ1) is 10.7. The highest BCUT2D eigenvalue weighted by molar-refractivity contribution is 8.02. The molecule has 0 spiro atoms. The van der Waals surface area contributed by atoms with E-state index in [9.17, 15) is 4.79 Å². The van der Waals surface area contributed by atoms with Crippen LogP contribution in [0.2, 0.25) is 0 Å². The summed E-state index contributed by atoms with van der Waals surface area (Å²) in [6, 6.07) is 10.5. The second-order valence-corrected chi connectivity index (χ2v) is 8.06. The summed E-state index contributed by atoms with van der Waals surface area (Å²) in [6.07, 6.45) is 4.72. The number of thioether (sulfide) groups is 1. The lowest BCUT2D eigenvalue weighted by molar-refractivity contribution is -0.120. The van der Waals surface area contributed by atoms with E-state index in [1.807, 2.05) is 25.1 Å². The molecule has 1 saturated carbocycles. The quantitative estimate of drug-likeness (QED) is 0.828. The molecule has 1 N–H and O–H groups in total. The predicted molar refractivity (Wildman–Crippen MR) is 93.3 cm³/mol. The molecule has 3 rings (SSSR count). The summed E-state index contributed by atoms with van der Waals surface area (Å²) < 4.78 is 0.952. The van der Waals surface area contributed by atoms with Gasteiger partial charge in [-0.25, -0.2) is 4.98 Å². The van der Waals surface area contributed by atoms with Crippen molar-refractivity contribution >= 4 is 29.0 Å². The van der Waals surface area contributed by atoms with Crippen molar-refractivity contribution in [2.45, 2.75) is 48.2 Å². The SMILES string of the molecule is C[C@@H](Sc1nc(-c2ccccc2)cs1)C(=O)NC1CCCC1. The number of benzene rings is 1. The first-order valence-electron chi connectivity index (χ1n) is 7.70. The lowest BCUT2D eigenvalue weighted by Crippen LogP contribution is -2.37. The minimum Gasteiger partial charge on any atom is -0.352 e. The van der Waals surface area contributed by atoms with E-state index in [1.54, 1.807) is 23.1 Å². The zero-order valence-electron chi connectivity index (χ0n) is 12.6. The van der Waals surface area contributed by atoms with Crippen LogP contribution in [0.1, 0.15) is 32.6 Å². The molecule has 0 unspecified atom stereocenters. The van der Waals surface area contributed by atoms with Crippen molar-refractivity contribution in [3.63, 3.8) is 0 Å². The Bertz CT molecular complexity index is 621. The van der Waals surface area contributed by atoms with Crippen LogP contribution in [0.25, 0.3) is 11.3 Å². The van der Waals surface area contributed by atoms with Crippen LogP contribution in [0.4, 0.5) is 0 Å². The monoisotopic (exact) mass is 332 g/mol. The van der Waals surface area contributed by atoms with Crippen LogP contribution in [0.3, 0.4) is 0 Å². The maximum atomic E-state index is 12.2. The van der Waals surface area contributed by atoms with Crippen molar-refractivity contribution in [3.05, 3.63) is 35.7 Å². The topological polar surface area (TPSA) is 42.0 Å². The molecule has 1 aliphatic rings.